The topological polar surface area (TPSA) is 41.6 Å². The number of ether oxygens (including phenoxy) is 1. The van der Waals surface area contributed by atoms with Gasteiger partial charge in [0.15, 0.2) is 0 Å². The summed E-state index contributed by atoms with van der Waals surface area (Å²) < 4.78 is 43.2. The molecule has 1 unspecified atom stereocenters. The highest BCUT2D eigenvalue weighted by atomic mass is 19.4. The summed E-state index contributed by atoms with van der Waals surface area (Å²) in [5.74, 6) is -0.305. The number of benzene rings is 1. The molecule has 0 bridgehead atoms. The summed E-state index contributed by atoms with van der Waals surface area (Å²) >= 11 is 0. The minimum atomic E-state index is -4.31. The van der Waals surface area contributed by atoms with Crippen molar-refractivity contribution >= 4 is 5.97 Å². The molecular formula is C16H19F3N2O2. The lowest BCUT2D eigenvalue weighted by atomic mass is 10.0. The number of methoxy groups -OCH3 is 1. The number of halogens is 3. The molecule has 1 aromatic rings. The van der Waals surface area contributed by atoms with Gasteiger partial charge in [-0.2, -0.15) is 13.2 Å². The third kappa shape index (κ3) is 3.21. The van der Waals surface area contributed by atoms with E-state index in [4.69, 9.17) is 4.74 Å². The number of carbonyl (C=O) groups is 1. The van der Waals surface area contributed by atoms with Crippen LogP contribution in [-0.4, -0.2) is 43.7 Å². The minimum Gasteiger partial charge on any atom is -0.468 e. The summed E-state index contributed by atoms with van der Waals surface area (Å²) in [6, 6.07) is 3.69. The van der Waals surface area contributed by atoms with Crippen LogP contribution >= 0.6 is 0 Å². The molecule has 1 N–H and O–H groups in total. The Balaban J connectivity index is 1.78. The van der Waals surface area contributed by atoms with Gasteiger partial charge in [-0.15, -0.1) is 0 Å². The molecule has 0 saturated carbocycles. The Bertz CT molecular complexity index is 603. The number of esters is 1. The van der Waals surface area contributed by atoms with Gasteiger partial charge in [-0.1, -0.05) is 6.07 Å². The second-order valence-corrected chi connectivity index (χ2v) is 5.99. The predicted octanol–water partition coefficient (Wildman–Crippen LogP) is 2.14. The molecule has 2 atom stereocenters. The fourth-order valence-corrected chi connectivity index (χ4v) is 3.51. The maximum absolute atomic E-state index is 12.8. The van der Waals surface area contributed by atoms with Crippen molar-refractivity contribution < 1.29 is 22.7 Å². The fourth-order valence-electron chi connectivity index (χ4n) is 3.51. The highest BCUT2D eigenvalue weighted by Gasteiger charge is 2.36. The molecule has 0 amide bonds. The number of nitrogens with zero attached hydrogens (tertiary/aromatic N) is 1. The summed E-state index contributed by atoms with van der Waals surface area (Å²) in [6.45, 7) is 1.93. The lowest BCUT2D eigenvalue weighted by Gasteiger charge is -2.36. The van der Waals surface area contributed by atoms with Crippen LogP contribution in [0.25, 0.3) is 0 Å². The monoisotopic (exact) mass is 328 g/mol. The van der Waals surface area contributed by atoms with Crippen LogP contribution in [0.5, 0.6) is 0 Å². The standard InChI is InChI=1S/C16H19F3N2O2/c1-23-15(22)13-9-21(7-6-20-13)14-5-2-10-8-11(16(17,18)19)3-4-12(10)14/h3-4,8,13-14,20H,2,5-7,9H2,1H3/t13-,14?/m0/s1. The van der Waals surface area contributed by atoms with E-state index in [1.807, 2.05) is 0 Å². The first-order chi connectivity index (χ1) is 10.9. The Labute approximate surface area is 132 Å². The zero-order valence-corrected chi connectivity index (χ0v) is 12.8. The van der Waals surface area contributed by atoms with Crippen molar-refractivity contribution in [3.63, 3.8) is 0 Å². The Morgan fingerprint density at radius 2 is 2.17 bits per heavy atom. The third-order valence-electron chi connectivity index (χ3n) is 4.65. The smallest absolute Gasteiger partial charge is 0.416 e. The second kappa shape index (κ2) is 6.13. The molecule has 3 rings (SSSR count). The van der Waals surface area contributed by atoms with Crippen molar-refractivity contribution in [3.8, 4) is 0 Å². The van der Waals surface area contributed by atoms with E-state index in [0.717, 1.165) is 30.2 Å². The number of hydrogen-bond donors (Lipinski definition) is 1. The molecule has 1 heterocycles. The minimum absolute atomic E-state index is 0.0709. The van der Waals surface area contributed by atoms with Gasteiger partial charge in [-0.25, -0.2) is 0 Å². The van der Waals surface area contributed by atoms with Crippen LogP contribution in [0, 0.1) is 0 Å². The number of piperazine rings is 1. The average Bonchev–Trinajstić information content (AvgIpc) is 2.96. The number of carbonyl (C=O) groups excluding carboxylic acids is 1. The maximum Gasteiger partial charge on any atom is 0.416 e. The molecular weight excluding hydrogens is 309 g/mol. The van der Waals surface area contributed by atoms with Crippen molar-refractivity contribution in [3.05, 3.63) is 34.9 Å². The van der Waals surface area contributed by atoms with Gasteiger partial charge in [0.25, 0.3) is 0 Å². The van der Waals surface area contributed by atoms with Crippen LogP contribution in [0.15, 0.2) is 18.2 Å². The number of rotatable bonds is 2. The number of aryl methyl sites for hydroxylation is 1. The highest BCUT2D eigenvalue weighted by Crippen LogP contribution is 2.39. The van der Waals surface area contributed by atoms with Gasteiger partial charge in [0.05, 0.1) is 12.7 Å². The van der Waals surface area contributed by atoms with Gasteiger partial charge in [-0.3, -0.25) is 9.69 Å². The van der Waals surface area contributed by atoms with Crippen molar-refractivity contribution in [1.82, 2.24) is 10.2 Å². The molecule has 0 aromatic heterocycles. The molecule has 23 heavy (non-hydrogen) atoms. The summed E-state index contributed by atoms with van der Waals surface area (Å²) in [4.78, 5) is 13.9. The third-order valence-corrected chi connectivity index (χ3v) is 4.65. The summed E-state index contributed by atoms with van der Waals surface area (Å²) in [5, 5.41) is 3.11. The normalized spacial score (nSPS) is 25.2. The van der Waals surface area contributed by atoms with E-state index in [0.29, 0.717) is 19.5 Å². The van der Waals surface area contributed by atoms with Crippen LogP contribution in [0.2, 0.25) is 0 Å². The molecule has 1 fully saturated rings. The van der Waals surface area contributed by atoms with E-state index in [-0.39, 0.29) is 18.1 Å². The zero-order chi connectivity index (χ0) is 16.6. The zero-order valence-electron chi connectivity index (χ0n) is 12.8. The number of nitrogens with one attached hydrogen (secondary N) is 1. The van der Waals surface area contributed by atoms with E-state index in [1.165, 1.54) is 13.2 Å². The molecule has 1 aliphatic heterocycles. The van der Waals surface area contributed by atoms with Crippen LogP contribution < -0.4 is 5.32 Å². The Hall–Kier alpha value is -1.60. The first kappa shape index (κ1) is 16.3. The lowest BCUT2D eigenvalue weighted by molar-refractivity contribution is -0.144. The molecule has 4 nitrogen and oxygen atoms in total. The van der Waals surface area contributed by atoms with Gasteiger partial charge < -0.3 is 10.1 Å². The molecule has 1 aliphatic carbocycles. The Morgan fingerprint density at radius 3 is 2.87 bits per heavy atom. The van der Waals surface area contributed by atoms with Gasteiger partial charge in [0.2, 0.25) is 0 Å². The number of fused-ring (bicyclic) bond motifs is 1. The lowest BCUT2D eigenvalue weighted by Crippen LogP contribution is -2.55. The number of hydrogen-bond acceptors (Lipinski definition) is 4. The van der Waals surface area contributed by atoms with Crippen molar-refractivity contribution in [1.29, 1.82) is 0 Å². The van der Waals surface area contributed by atoms with E-state index in [9.17, 15) is 18.0 Å². The van der Waals surface area contributed by atoms with Gasteiger partial charge >= 0.3 is 12.1 Å². The molecule has 1 aromatic carbocycles. The molecule has 0 spiro atoms. The van der Waals surface area contributed by atoms with Gasteiger partial charge in [0.1, 0.15) is 6.04 Å². The van der Waals surface area contributed by atoms with E-state index < -0.39 is 11.7 Å². The first-order valence-corrected chi connectivity index (χ1v) is 7.65. The van der Waals surface area contributed by atoms with Gasteiger partial charge in [0, 0.05) is 25.7 Å². The maximum atomic E-state index is 12.8. The first-order valence-electron chi connectivity index (χ1n) is 7.65. The Morgan fingerprint density at radius 1 is 1.39 bits per heavy atom. The van der Waals surface area contributed by atoms with E-state index >= 15 is 0 Å². The molecule has 0 radical (unpaired) electrons. The fraction of sp³-hybridized carbons (Fsp3) is 0.562. The van der Waals surface area contributed by atoms with Crippen LogP contribution in [0.3, 0.4) is 0 Å². The van der Waals surface area contributed by atoms with Gasteiger partial charge in [-0.05, 0) is 36.1 Å². The SMILES string of the molecule is COC(=O)[C@@H]1CN(C2CCc3cc(C(F)(F)F)ccc32)CCN1. The number of alkyl halides is 3. The van der Waals surface area contributed by atoms with E-state index in [1.54, 1.807) is 6.07 Å². The molecule has 126 valence electrons. The van der Waals surface area contributed by atoms with Crippen LogP contribution in [0.1, 0.15) is 29.2 Å². The van der Waals surface area contributed by atoms with E-state index in [2.05, 4.69) is 10.2 Å². The van der Waals surface area contributed by atoms with Crippen LogP contribution in [0.4, 0.5) is 13.2 Å². The predicted molar refractivity (Wildman–Crippen MR) is 77.9 cm³/mol. The van der Waals surface area contributed by atoms with Crippen LogP contribution in [-0.2, 0) is 22.1 Å². The summed E-state index contributed by atoms with van der Waals surface area (Å²) in [5.41, 5.74) is 1.12. The molecule has 1 saturated heterocycles. The summed E-state index contributed by atoms with van der Waals surface area (Å²) in [6.07, 6.45) is -2.89. The molecule has 2 aliphatic rings. The quantitative estimate of drug-likeness (QED) is 0.845. The average molecular weight is 328 g/mol. The molecule has 7 heteroatoms. The van der Waals surface area contributed by atoms with Crippen molar-refractivity contribution in [2.45, 2.75) is 31.1 Å². The highest BCUT2D eigenvalue weighted by molar-refractivity contribution is 5.76. The summed E-state index contributed by atoms with van der Waals surface area (Å²) in [7, 11) is 1.35. The second-order valence-electron chi connectivity index (χ2n) is 5.99. The largest absolute Gasteiger partial charge is 0.468 e. The van der Waals surface area contributed by atoms with Crippen molar-refractivity contribution in [2.75, 3.05) is 26.7 Å². The Kier molecular flexibility index (Phi) is 4.33. The van der Waals surface area contributed by atoms with Crippen molar-refractivity contribution in [2.24, 2.45) is 0 Å².